The van der Waals surface area contributed by atoms with Crippen LogP contribution in [0.4, 0.5) is 26.0 Å². The quantitative estimate of drug-likeness (QED) is 0.274. The maximum absolute atomic E-state index is 15.1. The van der Waals surface area contributed by atoms with Gasteiger partial charge in [-0.3, -0.25) is 14.4 Å². The molecule has 1 aliphatic carbocycles. The molecule has 1 aliphatic heterocycles. The third-order valence-electron chi connectivity index (χ3n) is 7.71. The van der Waals surface area contributed by atoms with E-state index in [0.717, 1.165) is 32.1 Å². The highest BCUT2D eigenvalue weighted by Gasteiger charge is 2.54. The van der Waals surface area contributed by atoms with Crippen LogP contribution in [-0.2, 0) is 11.3 Å². The van der Waals surface area contributed by atoms with Crippen molar-refractivity contribution in [2.45, 2.75) is 13.0 Å². The number of nitrogens with zero attached hydrogens (tertiary/aromatic N) is 6. The number of primary amides is 1. The lowest BCUT2D eigenvalue weighted by Crippen LogP contribution is -2.27. The third kappa shape index (κ3) is 5.07. The van der Waals surface area contributed by atoms with Gasteiger partial charge >= 0.3 is 0 Å². The van der Waals surface area contributed by atoms with Gasteiger partial charge in [0.15, 0.2) is 11.6 Å². The Hall–Kier alpha value is -4.16. The van der Waals surface area contributed by atoms with Gasteiger partial charge in [0.25, 0.3) is 0 Å². The molecule has 2 aliphatic rings. The number of aliphatic hydroxyl groups excluding tert-OH is 1. The largest absolute Gasteiger partial charge is 0.493 e. The first-order chi connectivity index (χ1) is 19.4. The molecule has 40 heavy (non-hydrogen) atoms. The topological polar surface area (TPSA) is 123 Å². The molecule has 2 fully saturated rings. The highest BCUT2D eigenvalue weighted by molar-refractivity contribution is 5.95. The summed E-state index contributed by atoms with van der Waals surface area (Å²) in [5.74, 6) is 0.0749. The maximum atomic E-state index is 15.1. The number of likely N-dealkylation sites (tertiary alicyclic amines) is 1. The van der Waals surface area contributed by atoms with Crippen LogP contribution in [0.25, 0.3) is 10.9 Å². The van der Waals surface area contributed by atoms with Crippen LogP contribution in [0, 0.1) is 29.4 Å². The van der Waals surface area contributed by atoms with Crippen LogP contribution in [0.1, 0.15) is 6.42 Å². The first-order valence-corrected chi connectivity index (χ1v) is 13.2. The number of amides is 1. The van der Waals surface area contributed by atoms with Crippen molar-refractivity contribution in [2.24, 2.45) is 23.5 Å². The number of hydrogen-bond donors (Lipinski definition) is 2. The van der Waals surface area contributed by atoms with Crippen molar-refractivity contribution < 1.29 is 23.4 Å². The van der Waals surface area contributed by atoms with Crippen LogP contribution in [0.3, 0.4) is 0 Å². The van der Waals surface area contributed by atoms with Crippen molar-refractivity contribution in [1.82, 2.24) is 24.6 Å². The first-order valence-electron chi connectivity index (χ1n) is 13.2. The number of hydrogen-bond acceptors (Lipinski definition) is 8. The van der Waals surface area contributed by atoms with Gasteiger partial charge in [0.05, 0.1) is 29.7 Å². The molecule has 4 aromatic rings. The molecule has 1 saturated heterocycles. The molecule has 208 valence electrons. The van der Waals surface area contributed by atoms with Gasteiger partial charge in [-0.25, -0.2) is 18.7 Å². The summed E-state index contributed by atoms with van der Waals surface area (Å²) in [5.41, 5.74) is 6.13. The van der Waals surface area contributed by atoms with Gasteiger partial charge < -0.3 is 20.5 Å². The van der Waals surface area contributed by atoms with Gasteiger partial charge in [-0.1, -0.05) is 6.07 Å². The molecular formula is C28H29F2N7O3. The second-order valence-corrected chi connectivity index (χ2v) is 10.3. The summed E-state index contributed by atoms with van der Waals surface area (Å²) in [6.45, 7) is 3.71. The van der Waals surface area contributed by atoms with E-state index in [4.69, 9.17) is 10.5 Å². The van der Waals surface area contributed by atoms with E-state index in [0.29, 0.717) is 59.1 Å². The van der Waals surface area contributed by atoms with Gasteiger partial charge in [0.2, 0.25) is 5.91 Å². The van der Waals surface area contributed by atoms with Crippen LogP contribution in [0.15, 0.2) is 55.1 Å². The maximum Gasteiger partial charge on any atom is 0.239 e. The predicted molar refractivity (Wildman–Crippen MR) is 143 cm³/mol. The van der Waals surface area contributed by atoms with Gasteiger partial charge in [-0.2, -0.15) is 5.10 Å². The molecule has 1 saturated carbocycles. The zero-order valence-electron chi connectivity index (χ0n) is 21.7. The third-order valence-corrected chi connectivity index (χ3v) is 7.71. The minimum atomic E-state index is -1.06. The summed E-state index contributed by atoms with van der Waals surface area (Å²) >= 11 is 0. The summed E-state index contributed by atoms with van der Waals surface area (Å²) in [6, 6.07) is 9.23. The molecule has 0 spiro atoms. The average molecular weight is 550 g/mol. The van der Waals surface area contributed by atoms with Crippen LogP contribution < -0.4 is 15.4 Å². The van der Waals surface area contributed by atoms with Gasteiger partial charge in [-0.05, 0) is 48.4 Å². The number of aliphatic hydroxyl groups is 1. The van der Waals surface area contributed by atoms with E-state index in [1.165, 1.54) is 40.4 Å². The summed E-state index contributed by atoms with van der Waals surface area (Å²) < 4.78 is 36.6. The normalized spacial score (nSPS) is 20.0. The Balaban J connectivity index is 1.22. The summed E-state index contributed by atoms with van der Waals surface area (Å²) in [4.78, 5) is 24.0. The van der Waals surface area contributed by atoms with E-state index < -0.39 is 17.5 Å². The number of nitrogens with two attached hydrogens (primary N) is 1. The number of piperidine rings is 1. The van der Waals surface area contributed by atoms with Crippen LogP contribution >= 0.6 is 0 Å². The predicted octanol–water partition coefficient (Wildman–Crippen LogP) is 3.00. The number of rotatable bonds is 11. The Kier molecular flexibility index (Phi) is 7.03. The lowest BCUT2D eigenvalue weighted by molar-refractivity contribution is -0.118. The highest BCUT2D eigenvalue weighted by atomic mass is 19.2. The number of halogens is 2. The second-order valence-electron chi connectivity index (χ2n) is 10.3. The molecule has 3 atom stereocenters. The molecule has 12 heteroatoms. The monoisotopic (exact) mass is 549 g/mol. The number of carbonyl (C=O) groups is 1. The Morgan fingerprint density at radius 2 is 2.00 bits per heavy atom. The molecule has 0 radical (unpaired) electrons. The molecule has 0 bridgehead atoms. The number of anilines is 3. The van der Waals surface area contributed by atoms with Crippen molar-refractivity contribution in [3.8, 4) is 5.75 Å². The molecule has 6 rings (SSSR count). The Bertz CT molecular complexity index is 1540. The zero-order chi connectivity index (χ0) is 27.8. The summed E-state index contributed by atoms with van der Waals surface area (Å²) in [7, 11) is 0. The molecule has 1 unspecified atom stereocenters. The molecule has 1 amide bonds. The molecule has 3 N–H and O–H groups in total. The van der Waals surface area contributed by atoms with E-state index in [9.17, 15) is 14.3 Å². The van der Waals surface area contributed by atoms with Crippen molar-refractivity contribution in [3.63, 3.8) is 0 Å². The fourth-order valence-corrected chi connectivity index (χ4v) is 5.71. The number of aromatic nitrogens is 4. The van der Waals surface area contributed by atoms with E-state index >= 15 is 4.39 Å². The zero-order valence-corrected chi connectivity index (χ0v) is 21.7. The van der Waals surface area contributed by atoms with Crippen LogP contribution in [0.5, 0.6) is 5.75 Å². The molecule has 3 heterocycles. The lowest BCUT2D eigenvalue weighted by Gasteiger charge is -2.24. The van der Waals surface area contributed by atoms with Crippen LogP contribution in [-0.4, -0.2) is 68.5 Å². The lowest BCUT2D eigenvalue weighted by atomic mass is 10.2. The van der Waals surface area contributed by atoms with Crippen LogP contribution in [0.2, 0.25) is 0 Å². The minimum Gasteiger partial charge on any atom is -0.493 e. The van der Waals surface area contributed by atoms with Crippen molar-refractivity contribution in [2.75, 3.05) is 37.7 Å². The summed E-state index contributed by atoms with van der Waals surface area (Å²) in [6.07, 6.45) is 5.15. The molecule has 2 aromatic heterocycles. The fourth-order valence-electron chi connectivity index (χ4n) is 5.71. The molecule has 2 aromatic carbocycles. The molecule has 10 nitrogen and oxygen atoms in total. The van der Waals surface area contributed by atoms with E-state index in [1.807, 2.05) is 0 Å². The second kappa shape index (κ2) is 10.8. The number of fused-ring (bicyclic) bond motifs is 2. The molecular weight excluding hydrogens is 520 g/mol. The Labute approximate surface area is 229 Å². The number of ether oxygens (including phenoxy) is 1. The van der Waals surface area contributed by atoms with Crippen molar-refractivity contribution >= 4 is 34.0 Å². The fraction of sp³-hybridized carbons (Fsp3) is 0.357. The van der Waals surface area contributed by atoms with E-state index in [2.05, 4.69) is 20.0 Å². The van der Waals surface area contributed by atoms with Crippen molar-refractivity contribution in [3.05, 3.63) is 66.8 Å². The smallest absolute Gasteiger partial charge is 0.239 e. The van der Waals surface area contributed by atoms with Gasteiger partial charge in [0, 0.05) is 43.9 Å². The average Bonchev–Trinajstić information content (AvgIpc) is 3.22. The van der Waals surface area contributed by atoms with Gasteiger partial charge in [-0.15, -0.1) is 0 Å². The number of carbonyl (C=O) groups excluding carboxylic acids is 1. The van der Waals surface area contributed by atoms with E-state index in [-0.39, 0.29) is 12.2 Å². The summed E-state index contributed by atoms with van der Waals surface area (Å²) in [5, 5.41) is 14.0. The standard InChI is InChI=1S/C28H29F2N7O3/c29-23-3-1-4-25(27(23)30)37(17-10-34-36(11-17)14-26(31)39)28-19-6-5-18(9-24(19)32-16-33-28)40-8-2-7-35-12-20-21(13-35)22(20)15-38/h1,3-6,9-11,16,20-22,38H,2,7-8,12-15H2,(H2,31,39)/t20-,21+,22?. The Morgan fingerprint density at radius 1 is 1.18 bits per heavy atom. The van der Waals surface area contributed by atoms with Gasteiger partial charge in [0.1, 0.15) is 24.4 Å². The highest BCUT2D eigenvalue weighted by Crippen LogP contribution is 2.51. The number of benzene rings is 2. The first kappa shape index (κ1) is 26.1. The van der Waals surface area contributed by atoms with E-state index in [1.54, 1.807) is 18.2 Å². The van der Waals surface area contributed by atoms with Crippen molar-refractivity contribution in [1.29, 1.82) is 0 Å². The Morgan fingerprint density at radius 3 is 2.77 bits per heavy atom. The minimum absolute atomic E-state index is 0.0798. The SMILES string of the molecule is NC(=O)Cn1cc(N(c2cccc(F)c2F)c2ncnc3cc(OCCCN4C[C@@H]5C(CO)[C@@H]5C4)ccc23)cn1.